The Morgan fingerprint density at radius 1 is 1.00 bits per heavy atom. The van der Waals surface area contributed by atoms with Crippen LogP contribution in [0.3, 0.4) is 0 Å². The highest BCUT2D eigenvalue weighted by atomic mass is 35.5. The minimum atomic E-state index is -0.745. The van der Waals surface area contributed by atoms with Crippen LogP contribution in [-0.4, -0.2) is 48.6 Å². The maximum Gasteiger partial charge on any atom is 0.319 e. The van der Waals surface area contributed by atoms with Gasteiger partial charge in [-0.1, -0.05) is 12.8 Å². The number of carbonyl (C=O) groups excluding carboxylic acids is 2. The zero-order valence-corrected chi connectivity index (χ0v) is 17.8. The van der Waals surface area contributed by atoms with Crippen molar-refractivity contribution in [3.8, 4) is 0 Å². The lowest BCUT2D eigenvalue weighted by molar-refractivity contribution is -0.121. The van der Waals surface area contributed by atoms with Crippen molar-refractivity contribution in [1.29, 1.82) is 0 Å². The van der Waals surface area contributed by atoms with Crippen LogP contribution in [0.15, 0.2) is 24.3 Å². The molecule has 3 amide bonds. The fraction of sp³-hybridized carbons (Fsp3) is 0.579. The summed E-state index contributed by atoms with van der Waals surface area (Å²) in [5, 5.41) is 8.73. The highest BCUT2D eigenvalue weighted by Gasteiger charge is 2.36. The van der Waals surface area contributed by atoms with Crippen molar-refractivity contribution in [3.63, 3.8) is 0 Å². The van der Waals surface area contributed by atoms with Crippen LogP contribution in [0.2, 0.25) is 0 Å². The van der Waals surface area contributed by atoms with E-state index in [0.29, 0.717) is 11.4 Å². The van der Waals surface area contributed by atoms with Crippen LogP contribution in [-0.2, 0) is 4.79 Å². The highest BCUT2D eigenvalue weighted by molar-refractivity contribution is 5.98. The van der Waals surface area contributed by atoms with Gasteiger partial charge in [-0.2, -0.15) is 0 Å². The Morgan fingerprint density at radius 2 is 1.50 bits per heavy atom. The summed E-state index contributed by atoms with van der Waals surface area (Å²) in [6.07, 6.45) is 5.40. The van der Waals surface area contributed by atoms with Crippen LogP contribution in [0, 0.1) is 0 Å². The average molecular weight is 432 g/mol. The van der Waals surface area contributed by atoms with Gasteiger partial charge in [0.1, 0.15) is 0 Å². The average Bonchev–Trinajstić information content (AvgIpc) is 3.07. The molecule has 158 valence electrons. The number of urea groups is 1. The molecule has 28 heavy (non-hydrogen) atoms. The van der Waals surface area contributed by atoms with Gasteiger partial charge in [-0.05, 0) is 70.1 Å². The van der Waals surface area contributed by atoms with E-state index in [9.17, 15) is 9.59 Å². The molecule has 2 fully saturated rings. The Balaban J connectivity index is 0.00000196. The van der Waals surface area contributed by atoms with Crippen LogP contribution in [0.1, 0.15) is 38.5 Å². The minimum Gasteiger partial charge on any atom is -0.335 e. The largest absolute Gasteiger partial charge is 0.335 e. The number of anilines is 2. The number of nitrogens with one attached hydrogen (secondary N) is 3. The maximum atomic E-state index is 12.3. The third-order valence-corrected chi connectivity index (χ3v) is 5.40. The summed E-state index contributed by atoms with van der Waals surface area (Å²) in [5.41, 5.74) is 6.80. The Labute approximate surface area is 179 Å². The Morgan fingerprint density at radius 3 is 2.04 bits per heavy atom. The summed E-state index contributed by atoms with van der Waals surface area (Å²) in [6.45, 7) is 2.00. The molecule has 0 unspecified atom stereocenters. The molecule has 1 aliphatic heterocycles. The molecule has 0 radical (unpaired) electrons. The smallest absolute Gasteiger partial charge is 0.319 e. The van der Waals surface area contributed by atoms with Crippen molar-refractivity contribution in [2.75, 3.05) is 30.8 Å². The van der Waals surface area contributed by atoms with Gasteiger partial charge in [0.05, 0.1) is 5.54 Å². The van der Waals surface area contributed by atoms with Crippen molar-refractivity contribution >= 4 is 48.1 Å². The van der Waals surface area contributed by atoms with Gasteiger partial charge in [0.15, 0.2) is 0 Å². The van der Waals surface area contributed by atoms with Gasteiger partial charge in [-0.25, -0.2) is 4.79 Å². The molecule has 1 heterocycles. The second kappa shape index (κ2) is 10.9. The van der Waals surface area contributed by atoms with Gasteiger partial charge in [-0.3, -0.25) is 4.79 Å². The zero-order valence-electron chi connectivity index (χ0n) is 16.2. The molecular weight excluding hydrogens is 401 g/mol. The number of amides is 3. The van der Waals surface area contributed by atoms with Crippen molar-refractivity contribution in [2.24, 2.45) is 5.73 Å². The molecule has 1 saturated carbocycles. The Kier molecular flexibility index (Phi) is 9.50. The van der Waals surface area contributed by atoms with Crippen molar-refractivity contribution in [2.45, 2.75) is 50.1 Å². The van der Waals surface area contributed by atoms with Crippen molar-refractivity contribution in [1.82, 2.24) is 10.2 Å². The lowest BCUT2D eigenvalue weighted by Gasteiger charge is -2.29. The van der Waals surface area contributed by atoms with E-state index in [-0.39, 0.29) is 42.8 Å². The second-order valence-corrected chi connectivity index (χ2v) is 7.57. The second-order valence-electron chi connectivity index (χ2n) is 7.57. The van der Waals surface area contributed by atoms with E-state index in [1.54, 1.807) is 24.3 Å². The number of hydrogen-bond donors (Lipinski definition) is 4. The third kappa shape index (κ3) is 6.51. The number of hydrogen-bond acceptors (Lipinski definition) is 4. The first kappa shape index (κ1) is 24.5. The topological polar surface area (TPSA) is 99.5 Å². The number of nitrogens with zero attached hydrogens (tertiary/aromatic N) is 1. The van der Waals surface area contributed by atoms with E-state index < -0.39 is 5.54 Å². The number of piperidine rings is 1. The normalized spacial score (nSPS) is 19.1. The summed E-state index contributed by atoms with van der Waals surface area (Å²) < 4.78 is 0. The fourth-order valence-corrected chi connectivity index (χ4v) is 3.63. The summed E-state index contributed by atoms with van der Waals surface area (Å²) in [7, 11) is 2.09. The van der Waals surface area contributed by atoms with Gasteiger partial charge in [0, 0.05) is 17.4 Å². The molecule has 9 heteroatoms. The molecule has 0 aromatic heterocycles. The monoisotopic (exact) mass is 431 g/mol. The van der Waals surface area contributed by atoms with Gasteiger partial charge < -0.3 is 26.6 Å². The van der Waals surface area contributed by atoms with Crippen molar-refractivity contribution < 1.29 is 9.59 Å². The molecule has 1 saturated heterocycles. The van der Waals surface area contributed by atoms with Gasteiger partial charge in [-0.15, -0.1) is 24.8 Å². The number of rotatable bonds is 4. The molecule has 2 aliphatic rings. The first-order chi connectivity index (χ1) is 12.4. The van der Waals surface area contributed by atoms with E-state index in [1.807, 2.05) is 0 Å². The summed E-state index contributed by atoms with van der Waals surface area (Å²) in [4.78, 5) is 26.7. The van der Waals surface area contributed by atoms with Crippen molar-refractivity contribution in [3.05, 3.63) is 24.3 Å². The number of nitrogens with two attached hydrogens (primary N) is 1. The first-order valence-electron chi connectivity index (χ1n) is 9.41. The molecule has 1 aromatic carbocycles. The molecule has 0 bridgehead atoms. The number of benzene rings is 1. The van der Waals surface area contributed by atoms with Gasteiger partial charge in [0.2, 0.25) is 5.91 Å². The molecule has 3 rings (SSSR count). The number of likely N-dealkylation sites (tertiary alicyclic amines) is 1. The first-order valence-corrected chi connectivity index (χ1v) is 9.41. The van der Waals surface area contributed by atoms with E-state index in [1.165, 1.54) is 0 Å². The molecule has 1 aliphatic carbocycles. The van der Waals surface area contributed by atoms with Crippen LogP contribution < -0.4 is 21.7 Å². The van der Waals surface area contributed by atoms with Crippen LogP contribution >= 0.6 is 24.8 Å². The lowest BCUT2D eigenvalue weighted by Crippen LogP contribution is -2.48. The van der Waals surface area contributed by atoms with E-state index >= 15 is 0 Å². The Bertz CT molecular complexity index is 642. The SMILES string of the molecule is CN1CCC(NC(=O)Nc2ccc(NC(=O)C3(N)CCCC3)cc2)CC1.Cl.Cl. The van der Waals surface area contributed by atoms with Crippen LogP contribution in [0.25, 0.3) is 0 Å². The third-order valence-electron chi connectivity index (χ3n) is 5.40. The lowest BCUT2D eigenvalue weighted by atomic mass is 9.98. The van der Waals surface area contributed by atoms with E-state index in [0.717, 1.165) is 51.6 Å². The molecule has 1 aromatic rings. The molecule has 0 atom stereocenters. The highest BCUT2D eigenvalue weighted by Crippen LogP contribution is 2.28. The molecule has 5 N–H and O–H groups in total. The summed E-state index contributed by atoms with van der Waals surface area (Å²) >= 11 is 0. The summed E-state index contributed by atoms with van der Waals surface area (Å²) in [5.74, 6) is -0.129. The maximum absolute atomic E-state index is 12.3. The van der Waals surface area contributed by atoms with Gasteiger partial charge in [0.25, 0.3) is 0 Å². The van der Waals surface area contributed by atoms with E-state index in [4.69, 9.17) is 5.73 Å². The molecule has 0 spiro atoms. The standard InChI is InChI=1S/C19H29N5O2.2ClH/c1-24-12-8-16(9-13-24)23-18(26)22-15-6-4-14(5-7-15)21-17(25)19(20)10-2-3-11-19;;/h4-7,16H,2-3,8-13,20H2,1H3,(H,21,25)(H2,22,23,26);2*1H. The zero-order chi connectivity index (χ0) is 18.6. The fourth-order valence-electron chi connectivity index (χ4n) is 3.63. The van der Waals surface area contributed by atoms with E-state index in [2.05, 4.69) is 27.9 Å². The van der Waals surface area contributed by atoms with Crippen LogP contribution in [0.5, 0.6) is 0 Å². The molecule has 7 nitrogen and oxygen atoms in total. The molecular formula is C19H31Cl2N5O2. The Hall–Kier alpha value is -1.54. The summed E-state index contributed by atoms with van der Waals surface area (Å²) in [6, 6.07) is 7.15. The number of halogens is 2. The number of carbonyl (C=O) groups is 2. The minimum absolute atomic E-state index is 0. The van der Waals surface area contributed by atoms with Gasteiger partial charge >= 0.3 is 6.03 Å². The predicted molar refractivity (Wildman–Crippen MR) is 118 cm³/mol. The predicted octanol–water partition coefficient (Wildman–Crippen LogP) is 2.96. The quantitative estimate of drug-likeness (QED) is 0.588. The van der Waals surface area contributed by atoms with Crippen LogP contribution in [0.4, 0.5) is 16.2 Å².